The van der Waals surface area contributed by atoms with Crippen molar-refractivity contribution < 1.29 is 15.0 Å². The topological polar surface area (TPSA) is 54.3 Å². The largest absolute Gasteiger partial charge is 0.870 e. The predicted octanol–water partition coefficient (Wildman–Crippen LogP) is 3.90. The number of aromatic hydroxyl groups is 1. The van der Waals surface area contributed by atoms with Crippen molar-refractivity contribution in [2.24, 2.45) is 0 Å². The zero-order valence-electron chi connectivity index (χ0n) is 10.4. The molecule has 0 aliphatic heterocycles. The summed E-state index contributed by atoms with van der Waals surface area (Å²) in [4.78, 5) is 2.12. The van der Waals surface area contributed by atoms with Crippen molar-refractivity contribution in [1.29, 1.82) is 0 Å². The van der Waals surface area contributed by atoms with Crippen molar-refractivity contribution in [2.75, 3.05) is 0 Å². The zero-order chi connectivity index (χ0) is 12.8. The maximum absolute atomic E-state index is 10.4. The molecule has 0 radical (unpaired) electrons. The van der Waals surface area contributed by atoms with E-state index in [1.807, 2.05) is 48.8 Å². The van der Waals surface area contributed by atoms with Crippen molar-refractivity contribution >= 4 is 37.6 Å². The summed E-state index contributed by atoms with van der Waals surface area (Å²) in [7, 11) is 0. The fourth-order valence-electron chi connectivity index (χ4n) is 2.27. The summed E-state index contributed by atoms with van der Waals surface area (Å²) in [6, 6.07) is 12.0. The van der Waals surface area contributed by atoms with E-state index in [1.165, 1.54) is 4.83 Å². The number of thiazole rings is 1. The van der Waals surface area contributed by atoms with Crippen LogP contribution in [0.4, 0.5) is 0 Å². The fourth-order valence-corrected chi connectivity index (χ4v) is 4.45. The summed E-state index contributed by atoms with van der Waals surface area (Å²) in [6.45, 7) is 0. The highest BCUT2D eigenvalue weighted by Crippen LogP contribution is 2.44. The number of hydrogen-bond donors (Lipinski definition) is 1. The Bertz CT molecular complexity index is 881. The Kier molecular flexibility index (Phi) is 3.17. The van der Waals surface area contributed by atoms with Crippen LogP contribution in [0.3, 0.4) is 0 Å². The second kappa shape index (κ2) is 4.86. The van der Waals surface area contributed by atoms with Gasteiger partial charge in [-0.2, -0.15) is 4.40 Å². The van der Waals surface area contributed by atoms with Crippen LogP contribution in [0.2, 0.25) is 0 Å². The molecule has 0 aliphatic rings. The van der Waals surface area contributed by atoms with Gasteiger partial charge in [0.2, 0.25) is 0 Å². The molecular weight excluding hydrogens is 290 g/mol. The molecule has 0 saturated heterocycles. The molecule has 3 aromatic heterocycles. The van der Waals surface area contributed by atoms with Gasteiger partial charge in [0.1, 0.15) is 10.4 Å². The quantitative estimate of drug-likeness (QED) is 0.542. The van der Waals surface area contributed by atoms with Gasteiger partial charge >= 0.3 is 0 Å². The molecule has 4 aromatic rings. The van der Waals surface area contributed by atoms with Gasteiger partial charge in [0.15, 0.2) is 12.4 Å². The van der Waals surface area contributed by atoms with E-state index < -0.39 is 0 Å². The summed E-state index contributed by atoms with van der Waals surface area (Å²) in [5.74, 6) is 0.391. The molecule has 0 fully saturated rings. The molecule has 4 rings (SSSR count). The van der Waals surface area contributed by atoms with E-state index in [4.69, 9.17) is 0 Å². The first kappa shape index (κ1) is 13.1. The highest BCUT2D eigenvalue weighted by Gasteiger charge is 2.19. The molecule has 0 bridgehead atoms. The minimum absolute atomic E-state index is 0. The number of pyridine rings is 1. The van der Waals surface area contributed by atoms with E-state index >= 15 is 0 Å². The smallest absolute Gasteiger partial charge is 0.285 e. The van der Waals surface area contributed by atoms with Crippen LogP contribution in [-0.2, 0) is 0 Å². The Morgan fingerprint density at radius 2 is 1.80 bits per heavy atom. The number of benzene rings is 1. The summed E-state index contributed by atoms with van der Waals surface area (Å²) in [5.41, 5.74) is 1.07. The van der Waals surface area contributed by atoms with Gasteiger partial charge in [-0.05, 0) is 5.56 Å². The average Bonchev–Trinajstić information content (AvgIpc) is 3.04. The van der Waals surface area contributed by atoms with Gasteiger partial charge in [0.25, 0.3) is 4.83 Å². The molecule has 0 aliphatic carbocycles. The van der Waals surface area contributed by atoms with Crippen molar-refractivity contribution in [3.8, 4) is 16.2 Å². The molecule has 2 N–H and O–H groups in total. The van der Waals surface area contributed by atoms with Crippen LogP contribution in [0.15, 0.2) is 54.2 Å². The van der Waals surface area contributed by atoms with Gasteiger partial charge < -0.3 is 10.6 Å². The predicted molar refractivity (Wildman–Crippen MR) is 81.9 cm³/mol. The number of hydrogen-bond acceptors (Lipinski definition) is 4. The summed E-state index contributed by atoms with van der Waals surface area (Å²) >= 11 is 3.35. The van der Waals surface area contributed by atoms with Gasteiger partial charge in [-0.3, -0.25) is 0 Å². The maximum atomic E-state index is 10.4. The van der Waals surface area contributed by atoms with Crippen molar-refractivity contribution in [3.63, 3.8) is 0 Å². The summed E-state index contributed by atoms with van der Waals surface area (Å²) in [5, 5.41) is 13.4. The molecule has 20 heavy (non-hydrogen) atoms. The minimum atomic E-state index is 0. The molecule has 0 atom stereocenters. The summed E-state index contributed by atoms with van der Waals surface area (Å²) < 4.78 is 3.24. The van der Waals surface area contributed by atoms with Crippen LogP contribution in [0, 0.1) is 0 Å². The normalized spacial score (nSPS) is 10.8. The minimum Gasteiger partial charge on any atom is -0.870 e. The Morgan fingerprint density at radius 1 is 1.00 bits per heavy atom. The van der Waals surface area contributed by atoms with Crippen LogP contribution in [0.1, 0.15) is 0 Å². The molecule has 5 heteroatoms. The second-order valence-electron chi connectivity index (χ2n) is 4.32. The Labute approximate surface area is 123 Å². The first-order valence-electron chi connectivity index (χ1n) is 5.93. The number of rotatable bonds is 1. The van der Waals surface area contributed by atoms with Crippen LogP contribution in [0.5, 0.6) is 5.75 Å². The Morgan fingerprint density at radius 3 is 2.60 bits per heavy atom. The molecule has 0 unspecified atom stereocenters. The van der Waals surface area contributed by atoms with Crippen LogP contribution in [-0.4, -0.2) is 10.6 Å². The molecule has 3 nitrogen and oxygen atoms in total. The standard InChI is InChI=1S/C15H9NOS2.H2O/c17-12-11-6-7-16-8-9-18-15(16)14(11)19-13(12)10-4-2-1-3-5-10;/h1-9H;1H2. The fraction of sp³-hybridized carbons (Fsp3) is 0. The van der Waals surface area contributed by atoms with E-state index in [0.717, 1.165) is 20.5 Å². The van der Waals surface area contributed by atoms with E-state index in [0.29, 0.717) is 5.75 Å². The number of thiophene rings is 1. The molecular formula is C15H11NO2S2. The lowest BCUT2D eigenvalue weighted by Crippen LogP contribution is -2.15. The third-order valence-corrected chi connectivity index (χ3v) is 5.46. The maximum Gasteiger partial charge on any atom is 0.285 e. The third kappa shape index (κ3) is 1.79. The van der Waals surface area contributed by atoms with Crippen LogP contribution >= 0.6 is 22.7 Å². The lowest BCUT2D eigenvalue weighted by Gasteiger charge is -1.97. The number of fused-ring (bicyclic) bond motifs is 3. The Hall–Kier alpha value is -1.95. The first-order valence-corrected chi connectivity index (χ1v) is 7.62. The summed E-state index contributed by atoms with van der Waals surface area (Å²) in [6.07, 6.45) is 4.04. The van der Waals surface area contributed by atoms with Crippen molar-refractivity contribution in [2.45, 2.75) is 0 Å². The molecule has 1 aromatic carbocycles. The van der Waals surface area contributed by atoms with Crippen LogP contribution in [0.25, 0.3) is 25.4 Å². The van der Waals surface area contributed by atoms with E-state index in [-0.39, 0.29) is 5.48 Å². The molecule has 0 amide bonds. The molecule has 0 spiro atoms. The number of nitrogens with zero attached hydrogens (tertiary/aromatic N) is 1. The van der Waals surface area contributed by atoms with E-state index in [1.54, 1.807) is 22.7 Å². The van der Waals surface area contributed by atoms with Gasteiger partial charge in [-0.1, -0.05) is 41.7 Å². The average molecular weight is 301 g/mol. The monoisotopic (exact) mass is 301 g/mol. The van der Waals surface area contributed by atoms with E-state index in [2.05, 4.69) is 9.78 Å². The van der Waals surface area contributed by atoms with Gasteiger partial charge in [0, 0.05) is 11.5 Å². The Balaban J connectivity index is 0.00000121. The third-order valence-electron chi connectivity index (χ3n) is 3.19. The lowest BCUT2D eigenvalue weighted by molar-refractivity contribution is -0.506. The molecule has 100 valence electrons. The molecule has 3 heterocycles. The van der Waals surface area contributed by atoms with Gasteiger partial charge in [-0.15, -0.1) is 11.3 Å². The highest BCUT2D eigenvalue weighted by atomic mass is 32.1. The van der Waals surface area contributed by atoms with Crippen LogP contribution < -0.4 is 4.40 Å². The van der Waals surface area contributed by atoms with Crippen molar-refractivity contribution in [3.05, 3.63) is 54.2 Å². The lowest BCUT2D eigenvalue weighted by atomic mass is 10.1. The van der Waals surface area contributed by atoms with Gasteiger partial charge in [0.05, 0.1) is 10.3 Å². The SMILES string of the molecule is Oc1c(-c2ccccc2)sc2c1cc[n+]1ccsc21.[OH-]. The first-order chi connectivity index (χ1) is 9.34. The molecule has 0 saturated carbocycles. The highest BCUT2D eigenvalue weighted by molar-refractivity contribution is 7.27. The number of aromatic nitrogens is 1. The van der Waals surface area contributed by atoms with Gasteiger partial charge in [-0.25, -0.2) is 0 Å². The second-order valence-corrected chi connectivity index (χ2v) is 6.23. The van der Waals surface area contributed by atoms with Crippen molar-refractivity contribution in [1.82, 2.24) is 0 Å². The van der Waals surface area contributed by atoms with E-state index in [9.17, 15) is 5.11 Å². The zero-order valence-corrected chi connectivity index (χ0v) is 12.0.